The van der Waals surface area contributed by atoms with Crippen molar-refractivity contribution in [1.29, 1.82) is 0 Å². The summed E-state index contributed by atoms with van der Waals surface area (Å²) in [6.45, 7) is 1.79. The number of hydrogen-bond acceptors (Lipinski definition) is 4. The summed E-state index contributed by atoms with van der Waals surface area (Å²) in [4.78, 5) is 12.0. The highest BCUT2D eigenvalue weighted by atomic mass is 35.5. The van der Waals surface area contributed by atoms with E-state index < -0.39 is 11.5 Å². The van der Waals surface area contributed by atoms with Crippen molar-refractivity contribution >= 4 is 11.6 Å². The van der Waals surface area contributed by atoms with Crippen molar-refractivity contribution in [2.45, 2.75) is 13.5 Å². The third kappa shape index (κ3) is 3.03. The van der Waals surface area contributed by atoms with Crippen LogP contribution in [-0.2, 0) is 13.7 Å². The van der Waals surface area contributed by atoms with Crippen LogP contribution in [0.2, 0.25) is 5.02 Å². The van der Waals surface area contributed by atoms with Gasteiger partial charge in [0.05, 0.1) is 11.3 Å². The maximum atomic E-state index is 14.3. The Bertz CT molecular complexity index is 951. The standard InChI is InChI=1S/C16H14ClFN4O2/c1-10-6-7-11(17)8-15(10)24-9-12-13(18)4-3-5-14(12)22-16(23)21(2)19-20-22/h3-8H,9H2,1-2H3. The van der Waals surface area contributed by atoms with Crippen molar-refractivity contribution < 1.29 is 9.13 Å². The molecule has 0 aliphatic rings. The lowest BCUT2D eigenvalue weighted by Gasteiger charge is -2.13. The van der Waals surface area contributed by atoms with Gasteiger partial charge in [0, 0.05) is 12.1 Å². The molecule has 0 N–H and O–H groups in total. The van der Waals surface area contributed by atoms with Crippen LogP contribution in [-0.4, -0.2) is 19.8 Å². The Balaban J connectivity index is 1.98. The van der Waals surface area contributed by atoms with Crippen LogP contribution >= 0.6 is 11.6 Å². The summed E-state index contributed by atoms with van der Waals surface area (Å²) in [5, 5.41) is 7.91. The molecular weight excluding hydrogens is 335 g/mol. The van der Waals surface area contributed by atoms with Crippen LogP contribution in [0.25, 0.3) is 5.69 Å². The molecule has 3 aromatic rings. The Labute approximate surface area is 142 Å². The molecule has 0 unspecified atom stereocenters. The summed E-state index contributed by atoms with van der Waals surface area (Å²) in [5.41, 5.74) is 0.891. The molecule has 0 saturated carbocycles. The lowest BCUT2D eigenvalue weighted by molar-refractivity contribution is 0.297. The third-order valence-electron chi connectivity index (χ3n) is 3.57. The molecule has 1 aromatic heterocycles. The molecule has 2 aromatic carbocycles. The zero-order chi connectivity index (χ0) is 17.3. The highest BCUT2D eigenvalue weighted by molar-refractivity contribution is 6.30. The summed E-state index contributed by atoms with van der Waals surface area (Å²) in [5.74, 6) is 0.0490. The molecule has 0 radical (unpaired) electrons. The molecule has 124 valence electrons. The largest absolute Gasteiger partial charge is 0.488 e. The van der Waals surface area contributed by atoms with Gasteiger partial charge in [-0.2, -0.15) is 9.36 Å². The first-order valence-corrected chi connectivity index (χ1v) is 7.51. The zero-order valence-corrected chi connectivity index (χ0v) is 13.8. The molecule has 0 fully saturated rings. The number of hydrogen-bond donors (Lipinski definition) is 0. The van der Waals surface area contributed by atoms with Crippen molar-refractivity contribution in [2.24, 2.45) is 7.05 Å². The van der Waals surface area contributed by atoms with E-state index in [1.807, 2.05) is 13.0 Å². The van der Waals surface area contributed by atoms with Gasteiger partial charge in [-0.3, -0.25) is 0 Å². The SMILES string of the molecule is Cc1ccc(Cl)cc1OCc1c(F)cccc1-n1nnn(C)c1=O. The lowest BCUT2D eigenvalue weighted by atomic mass is 10.1. The van der Waals surface area contributed by atoms with Gasteiger partial charge in [0.15, 0.2) is 0 Å². The Morgan fingerprint density at radius 3 is 2.75 bits per heavy atom. The van der Waals surface area contributed by atoms with Gasteiger partial charge in [0.1, 0.15) is 18.2 Å². The van der Waals surface area contributed by atoms with Crippen LogP contribution < -0.4 is 10.4 Å². The van der Waals surface area contributed by atoms with Crippen LogP contribution in [0, 0.1) is 12.7 Å². The first kappa shape index (κ1) is 16.2. The van der Waals surface area contributed by atoms with E-state index in [0.717, 1.165) is 14.9 Å². The van der Waals surface area contributed by atoms with E-state index in [1.165, 1.54) is 19.2 Å². The van der Waals surface area contributed by atoms with E-state index in [9.17, 15) is 9.18 Å². The molecule has 0 atom stereocenters. The molecule has 8 heteroatoms. The van der Waals surface area contributed by atoms with E-state index in [0.29, 0.717) is 10.8 Å². The van der Waals surface area contributed by atoms with Crippen molar-refractivity contribution in [3.63, 3.8) is 0 Å². The number of nitrogens with zero attached hydrogens (tertiary/aromatic N) is 4. The summed E-state index contributed by atoms with van der Waals surface area (Å²) in [6.07, 6.45) is 0. The summed E-state index contributed by atoms with van der Waals surface area (Å²) < 4.78 is 22.1. The van der Waals surface area contributed by atoms with E-state index in [4.69, 9.17) is 16.3 Å². The predicted octanol–water partition coefficient (Wildman–Crippen LogP) is 2.65. The maximum absolute atomic E-state index is 14.3. The van der Waals surface area contributed by atoms with Gasteiger partial charge in [-0.1, -0.05) is 23.7 Å². The number of benzene rings is 2. The molecule has 0 bridgehead atoms. The van der Waals surface area contributed by atoms with E-state index in [2.05, 4.69) is 10.4 Å². The average molecular weight is 349 g/mol. The number of tetrazole rings is 1. The van der Waals surface area contributed by atoms with Crippen LogP contribution in [0.5, 0.6) is 5.75 Å². The fourth-order valence-electron chi connectivity index (χ4n) is 2.23. The third-order valence-corrected chi connectivity index (χ3v) is 3.80. The number of rotatable bonds is 4. The van der Waals surface area contributed by atoms with Gasteiger partial charge in [0.2, 0.25) is 0 Å². The molecule has 24 heavy (non-hydrogen) atoms. The molecule has 1 heterocycles. The van der Waals surface area contributed by atoms with Crippen LogP contribution in [0.1, 0.15) is 11.1 Å². The molecule has 3 rings (SSSR count). The summed E-state index contributed by atoms with van der Waals surface area (Å²) >= 11 is 5.96. The maximum Gasteiger partial charge on any atom is 0.368 e. The predicted molar refractivity (Wildman–Crippen MR) is 87.1 cm³/mol. The zero-order valence-electron chi connectivity index (χ0n) is 13.0. The number of halogens is 2. The second-order valence-corrected chi connectivity index (χ2v) is 5.67. The normalized spacial score (nSPS) is 10.8. The molecule has 0 spiro atoms. The van der Waals surface area contributed by atoms with Gasteiger partial charge in [-0.05, 0) is 47.2 Å². The number of aryl methyl sites for hydroxylation is 2. The first-order chi connectivity index (χ1) is 11.5. The van der Waals surface area contributed by atoms with E-state index in [1.54, 1.807) is 18.2 Å². The van der Waals surface area contributed by atoms with Crippen LogP contribution in [0.15, 0.2) is 41.2 Å². The monoisotopic (exact) mass is 348 g/mol. The minimum absolute atomic E-state index is 0.0772. The van der Waals surface area contributed by atoms with Crippen molar-refractivity contribution in [1.82, 2.24) is 19.8 Å². The van der Waals surface area contributed by atoms with Gasteiger partial charge in [-0.25, -0.2) is 9.18 Å². The second-order valence-electron chi connectivity index (χ2n) is 5.23. The topological polar surface area (TPSA) is 61.9 Å². The Morgan fingerprint density at radius 1 is 1.25 bits per heavy atom. The molecule has 0 amide bonds. The number of ether oxygens (including phenoxy) is 1. The minimum atomic E-state index is -0.496. The highest BCUT2D eigenvalue weighted by Crippen LogP contribution is 2.25. The Hall–Kier alpha value is -2.67. The second kappa shape index (κ2) is 6.45. The van der Waals surface area contributed by atoms with E-state index >= 15 is 0 Å². The van der Waals surface area contributed by atoms with Gasteiger partial charge >= 0.3 is 5.69 Å². The van der Waals surface area contributed by atoms with Crippen LogP contribution in [0.3, 0.4) is 0 Å². The molecule has 6 nitrogen and oxygen atoms in total. The Morgan fingerprint density at radius 2 is 2.04 bits per heavy atom. The summed E-state index contributed by atoms with van der Waals surface area (Å²) in [6, 6.07) is 9.60. The molecule has 0 aliphatic carbocycles. The molecular formula is C16H14ClFN4O2. The van der Waals surface area contributed by atoms with Gasteiger partial charge in [-0.15, -0.1) is 0 Å². The fraction of sp³-hybridized carbons (Fsp3) is 0.188. The van der Waals surface area contributed by atoms with E-state index in [-0.39, 0.29) is 17.9 Å². The lowest BCUT2D eigenvalue weighted by Crippen LogP contribution is -2.23. The summed E-state index contributed by atoms with van der Waals surface area (Å²) in [7, 11) is 1.47. The number of aromatic nitrogens is 4. The first-order valence-electron chi connectivity index (χ1n) is 7.13. The minimum Gasteiger partial charge on any atom is -0.488 e. The van der Waals surface area contributed by atoms with Crippen molar-refractivity contribution in [3.05, 3.63) is 68.8 Å². The van der Waals surface area contributed by atoms with Gasteiger partial charge < -0.3 is 4.74 Å². The quantitative estimate of drug-likeness (QED) is 0.727. The van der Waals surface area contributed by atoms with Crippen LogP contribution in [0.4, 0.5) is 4.39 Å². The van der Waals surface area contributed by atoms with Gasteiger partial charge in [0.25, 0.3) is 0 Å². The molecule has 0 saturated heterocycles. The molecule has 0 aliphatic heterocycles. The smallest absolute Gasteiger partial charge is 0.368 e. The fourth-order valence-corrected chi connectivity index (χ4v) is 2.39. The average Bonchev–Trinajstić information content (AvgIpc) is 2.88. The highest BCUT2D eigenvalue weighted by Gasteiger charge is 2.15. The Kier molecular flexibility index (Phi) is 4.35. The van der Waals surface area contributed by atoms with Crippen molar-refractivity contribution in [2.75, 3.05) is 0 Å². The van der Waals surface area contributed by atoms with Crippen molar-refractivity contribution in [3.8, 4) is 11.4 Å².